The molecule has 1 aromatic heterocycles. The fourth-order valence-corrected chi connectivity index (χ4v) is 3.08. The predicted molar refractivity (Wildman–Crippen MR) is 107 cm³/mol. The third-order valence-corrected chi connectivity index (χ3v) is 4.58. The van der Waals surface area contributed by atoms with E-state index in [1.165, 1.54) is 5.56 Å². The number of ether oxygens (including phenoxy) is 1. The van der Waals surface area contributed by atoms with E-state index < -0.39 is 0 Å². The fraction of sp³-hybridized carbons (Fsp3) is 0.550. The molecule has 146 valence electrons. The average molecular weight is 371 g/mol. The van der Waals surface area contributed by atoms with E-state index in [0.717, 1.165) is 56.5 Å². The molecule has 3 rings (SSSR count). The Morgan fingerprint density at radius 2 is 2.15 bits per heavy atom. The Morgan fingerprint density at radius 1 is 1.33 bits per heavy atom. The number of aromatic nitrogens is 3. The number of aliphatic imine (C=N–C) groups is 1. The largest absolute Gasteiger partial charge is 0.493 e. The van der Waals surface area contributed by atoms with Crippen molar-refractivity contribution in [2.24, 2.45) is 10.9 Å². The number of nitrogens with zero attached hydrogens (tertiary/aromatic N) is 4. The van der Waals surface area contributed by atoms with Gasteiger partial charge in [0.25, 0.3) is 0 Å². The first-order chi connectivity index (χ1) is 13.1. The Labute approximate surface area is 161 Å². The van der Waals surface area contributed by atoms with Crippen molar-refractivity contribution in [3.05, 3.63) is 42.0 Å². The summed E-state index contributed by atoms with van der Waals surface area (Å²) in [5, 5.41) is 11.2. The van der Waals surface area contributed by atoms with Gasteiger partial charge < -0.3 is 15.4 Å². The van der Waals surface area contributed by atoms with Crippen LogP contribution in [0.4, 0.5) is 0 Å². The molecule has 1 aliphatic heterocycles. The second-order valence-corrected chi connectivity index (χ2v) is 7.34. The fourth-order valence-electron chi connectivity index (χ4n) is 3.08. The maximum Gasteiger partial charge on any atom is 0.191 e. The molecule has 1 unspecified atom stereocenters. The molecular formula is C20H30N6O. The molecule has 0 spiro atoms. The molecule has 2 heterocycles. The lowest BCUT2D eigenvalue weighted by atomic mass is 10.1. The number of guanidine groups is 1. The van der Waals surface area contributed by atoms with Crippen LogP contribution in [-0.2, 0) is 19.4 Å². The SMILES string of the molecule is CN=C(NCCc1ccc(OCC(C)C)cc1)NC1CCc2ncnn2C1. The molecule has 0 amide bonds. The average Bonchev–Trinajstić information content (AvgIpc) is 3.14. The minimum absolute atomic E-state index is 0.322. The van der Waals surface area contributed by atoms with E-state index in [4.69, 9.17) is 4.74 Å². The van der Waals surface area contributed by atoms with E-state index >= 15 is 0 Å². The van der Waals surface area contributed by atoms with E-state index in [0.29, 0.717) is 12.0 Å². The van der Waals surface area contributed by atoms with Crippen LogP contribution >= 0.6 is 0 Å². The summed E-state index contributed by atoms with van der Waals surface area (Å²) in [6.45, 7) is 6.71. The molecule has 7 nitrogen and oxygen atoms in total. The zero-order valence-corrected chi connectivity index (χ0v) is 16.5. The van der Waals surface area contributed by atoms with Crippen molar-refractivity contribution in [3.63, 3.8) is 0 Å². The van der Waals surface area contributed by atoms with Gasteiger partial charge >= 0.3 is 0 Å². The van der Waals surface area contributed by atoms with Crippen molar-refractivity contribution < 1.29 is 4.74 Å². The summed E-state index contributed by atoms with van der Waals surface area (Å²) in [6, 6.07) is 8.66. The minimum Gasteiger partial charge on any atom is -0.493 e. The van der Waals surface area contributed by atoms with Gasteiger partial charge in [0, 0.05) is 26.1 Å². The standard InChI is InChI=1S/C20H30N6O/c1-15(2)13-27-18-7-4-16(5-8-18)10-11-22-20(21-3)25-17-6-9-19-23-14-24-26(19)12-17/h4-5,7-8,14-15,17H,6,9-13H2,1-3H3,(H2,21,22,25). The molecule has 0 saturated heterocycles. The molecule has 2 aromatic rings. The van der Waals surface area contributed by atoms with Gasteiger partial charge in [0.2, 0.25) is 0 Å². The highest BCUT2D eigenvalue weighted by Crippen LogP contribution is 2.14. The van der Waals surface area contributed by atoms with Gasteiger partial charge in [-0.15, -0.1) is 0 Å². The van der Waals surface area contributed by atoms with Gasteiger partial charge in [-0.3, -0.25) is 4.99 Å². The van der Waals surface area contributed by atoms with Gasteiger partial charge in [-0.1, -0.05) is 26.0 Å². The summed E-state index contributed by atoms with van der Waals surface area (Å²) in [4.78, 5) is 8.61. The Balaban J connectivity index is 1.41. The quantitative estimate of drug-likeness (QED) is 0.576. The molecule has 0 fully saturated rings. The number of fused-ring (bicyclic) bond motifs is 1. The molecule has 27 heavy (non-hydrogen) atoms. The van der Waals surface area contributed by atoms with Crippen molar-refractivity contribution in [2.75, 3.05) is 20.2 Å². The lowest BCUT2D eigenvalue weighted by molar-refractivity contribution is 0.271. The summed E-state index contributed by atoms with van der Waals surface area (Å²) in [7, 11) is 1.81. The van der Waals surface area contributed by atoms with Gasteiger partial charge in [0.15, 0.2) is 5.96 Å². The summed E-state index contributed by atoms with van der Waals surface area (Å²) in [5.41, 5.74) is 1.28. The third kappa shape index (κ3) is 5.70. The third-order valence-electron chi connectivity index (χ3n) is 4.58. The van der Waals surface area contributed by atoms with Crippen LogP contribution in [-0.4, -0.2) is 47.0 Å². The predicted octanol–water partition coefficient (Wildman–Crippen LogP) is 2.04. The molecular weight excluding hydrogens is 340 g/mol. The summed E-state index contributed by atoms with van der Waals surface area (Å²) >= 11 is 0. The Bertz CT molecular complexity index is 737. The number of hydrogen-bond acceptors (Lipinski definition) is 4. The Hall–Kier alpha value is -2.57. The second-order valence-electron chi connectivity index (χ2n) is 7.34. The first-order valence-electron chi connectivity index (χ1n) is 9.69. The van der Waals surface area contributed by atoms with Crippen molar-refractivity contribution >= 4 is 5.96 Å². The molecule has 0 saturated carbocycles. The smallest absolute Gasteiger partial charge is 0.191 e. The number of benzene rings is 1. The summed E-state index contributed by atoms with van der Waals surface area (Å²) in [5.74, 6) is 3.37. The topological polar surface area (TPSA) is 76.4 Å². The van der Waals surface area contributed by atoms with Crippen molar-refractivity contribution in [3.8, 4) is 5.75 Å². The first-order valence-corrected chi connectivity index (χ1v) is 9.69. The second kappa shape index (κ2) is 9.39. The van der Waals surface area contributed by atoms with Crippen LogP contribution < -0.4 is 15.4 Å². The molecule has 1 aliphatic rings. The number of hydrogen-bond donors (Lipinski definition) is 2. The Kier molecular flexibility index (Phi) is 6.68. The monoisotopic (exact) mass is 370 g/mol. The zero-order valence-electron chi connectivity index (χ0n) is 16.5. The van der Waals surface area contributed by atoms with E-state index in [9.17, 15) is 0 Å². The van der Waals surface area contributed by atoms with Crippen LogP contribution in [0.15, 0.2) is 35.6 Å². The van der Waals surface area contributed by atoms with Crippen LogP contribution in [0.3, 0.4) is 0 Å². The maximum absolute atomic E-state index is 5.73. The van der Waals surface area contributed by atoms with E-state index in [1.807, 2.05) is 16.8 Å². The van der Waals surface area contributed by atoms with Crippen LogP contribution in [0.2, 0.25) is 0 Å². The highest BCUT2D eigenvalue weighted by molar-refractivity contribution is 5.79. The molecule has 0 bridgehead atoms. The number of nitrogens with one attached hydrogen (secondary N) is 2. The van der Waals surface area contributed by atoms with Gasteiger partial charge in [0.1, 0.15) is 17.9 Å². The van der Waals surface area contributed by atoms with Gasteiger partial charge in [-0.2, -0.15) is 5.10 Å². The van der Waals surface area contributed by atoms with Gasteiger partial charge in [0.05, 0.1) is 13.2 Å². The zero-order chi connectivity index (χ0) is 19.1. The van der Waals surface area contributed by atoms with Crippen LogP contribution in [0, 0.1) is 5.92 Å². The van der Waals surface area contributed by atoms with Crippen molar-refractivity contribution in [2.45, 2.75) is 45.7 Å². The molecule has 0 aliphatic carbocycles. The molecule has 0 radical (unpaired) electrons. The van der Waals surface area contributed by atoms with Gasteiger partial charge in [-0.25, -0.2) is 9.67 Å². The highest BCUT2D eigenvalue weighted by Gasteiger charge is 2.20. The Morgan fingerprint density at radius 3 is 2.89 bits per heavy atom. The van der Waals surface area contributed by atoms with Gasteiger partial charge in [-0.05, 0) is 36.5 Å². The highest BCUT2D eigenvalue weighted by atomic mass is 16.5. The molecule has 7 heteroatoms. The minimum atomic E-state index is 0.322. The van der Waals surface area contributed by atoms with Crippen molar-refractivity contribution in [1.82, 2.24) is 25.4 Å². The first kappa shape index (κ1) is 19.2. The molecule has 1 atom stereocenters. The lowest BCUT2D eigenvalue weighted by Crippen LogP contribution is -2.47. The summed E-state index contributed by atoms with van der Waals surface area (Å²) < 4.78 is 7.70. The van der Waals surface area contributed by atoms with E-state index in [2.05, 4.69) is 51.7 Å². The van der Waals surface area contributed by atoms with E-state index in [-0.39, 0.29) is 0 Å². The van der Waals surface area contributed by atoms with Crippen LogP contribution in [0.25, 0.3) is 0 Å². The number of rotatable bonds is 7. The van der Waals surface area contributed by atoms with Crippen LogP contribution in [0.1, 0.15) is 31.7 Å². The van der Waals surface area contributed by atoms with Crippen molar-refractivity contribution in [1.29, 1.82) is 0 Å². The van der Waals surface area contributed by atoms with E-state index in [1.54, 1.807) is 13.4 Å². The molecule has 1 aromatic carbocycles. The lowest BCUT2D eigenvalue weighted by Gasteiger charge is -2.25. The summed E-state index contributed by atoms with van der Waals surface area (Å²) in [6.07, 6.45) is 4.55. The van der Waals surface area contributed by atoms with Crippen LogP contribution in [0.5, 0.6) is 5.75 Å². The molecule has 2 N–H and O–H groups in total. The number of aryl methyl sites for hydroxylation is 1. The maximum atomic E-state index is 5.73. The normalized spacial score (nSPS) is 16.9.